The van der Waals surface area contributed by atoms with Gasteiger partial charge in [-0.05, 0) is 36.2 Å². The lowest BCUT2D eigenvalue weighted by Crippen LogP contribution is -2.37. The van der Waals surface area contributed by atoms with E-state index >= 15 is 0 Å². The maximum Gasteiger partial charge on any atom is 0.253 e. The van der Waals surface area contributed by atoms with E-state index in [2.05, 4.69) is 32.7 Å². The minimum absolute atomic E-state index is 0. The smallest absolute Gasteiger partial charge is 0.253 e. The van der Waals surface area contributed by atoms with Crippen LogP contribution < -0.4 is 10.6 Å². The second kappa shape index (κ2) is 12.1. The molecule has 1 aromatic heterocycles. The number of nitrogens with zero attached hydrogens (tertiary/aromatic N) is 4. The number of hydrogen-bond acceptors (Lipinski definition) is 3. The zero-order valence-corrected chi connectivity index (χ0v) is 20.4. The molecule has 0 aliphatic carbocycles. The van der Waals surface area contributed by atoms with Gasteiger partial charge in [-0.2, -0.15) is 0 Å². The third-order valence-electron chi connectivity index (χ3n) is 4.59. The van der Waals surface area contributed by atoms with Crippen LogP contribution in [0.15, 0.2) is 72.2 Å². The van der Waals surface area contributed by atoms with Gasteiger partial charge in [-0.3, -0.25) is 4.79 Å². The quantitative estimate of drug-likeness (QED) is 0.278. The number of para-hydroxylation sites is 1. The lowest BCUT2D eigenvalue weighted by Gasteiger charge is -2.14. The van der Waals surface area contributed by atoms with Crippen molar-refractivity contribution in [3.05, 3.63) is 83.9 Å². The van der Waals surface area contributed by atoms with Crippen molar-refractivity contribution in [3.63, 3.8) is 0 Å². The number of nitrogens with one attached hydrogen (secondary N) is 2. The molecule has 164 valence electrons. The van der Waals surface area contributed by atoms with E-state index in [0.29, 0.717) is 18.7 Å². The number of aromatic nitrogens is 2. The van der Waals surface area contributed by atoms with Gasteiger partial charge in [0.2, 0.25) is 0 Å². The predicted octanol–water partition coefficient (Wildman–Crippen LogP) is 3.45. The minimum atomic E-state index is -0.00314. The Hall–Kier alpha value is -2.88. The molecule has 31 heavy (non-hydrogen) atoms. The van der Waals surface area contributed by atoms with E-state index in [1.807, 2.05) is 54.1 Å². The standard InChI is InChI=1S/C23H28N6O.HI/c1-4-25-23(26-15-18-9-11-19(12-10-18)22(30)28(2)3)27-16-20-7-5-6-8-21(20)29-14-13-24-17-29;/h5-14,17H,4,15-16H2,1-3H3,(H2,25,26,27);1H. The molecule has 8 heteroatoms. The first-order chi connectivity index (χ1) is 14.6. The number of rotatable bonds is 7. The summed E-state index contributed by atoms with van der Waals surface area (Å²) in [4.78, 5) is 22.4. The van der Waals surface area contributed by atoms with E-state index in [-0.39, 0.29) is 29.9 Å². The zero-order valence-electron chi connectivity index (χ0n) is 18.1. The van der Waals surface area contributed by atoms with Crippen LogP contribution in [0.5, 0.6) is 0 Å². The molecule has 0 unspecified atom stereocenters. The number of guanidine groups is 1. The lowest BCUT2D eigenvalue weighted by atomic mass is 10.1. The normalized spacial score (nSPS) is 10.9. The van der Waals surface area contributed by atoms with Crippen molar-refractivity contribution in [2.45, 2.75) is 20.0 Å². The highest BCUT2D eigenvalue weighted by Crippen LogP contribution is 2.14. The maximum absolute atomic E-state index is 12.0. The zero-order chi connectivity index (χ0) is 21.3. The Kier molecular flexibility index (Phi) is 9.51. The van der Waals surface area contributed by atoms with Crippen LogP contribution in [0.3, 0.4) is 0 Å². The van der Waals surface area contributed by atoms with Gasteiger partial charge >= 0.3 is 0 Å². The van der Waals surface area contributed by atoms with Crippen LogP contribution in [-0.4, -0.2) is 47.0 Å². The summed E-state index contributed by atoms with van der Waals surface area (Å²) in [5.74, 6) is 0.739. The number of imidazole rings is 1. The van der Waals surface area contributed by atoms with Crippen molar-refractivity contribution in [2.75, 3.05) is 20.6 Å². The summed E-state index contributed by atoms with van der Waals surface area (Å²) < 4.78 is 2.00. The van der Waals surface area contributed by atoms with Crippen LogP contribution in [0.25, 0.3) is 5.69 Å². The van der Waals surface area contributed by atoms with E-state index in [1.165, 1.54) is 0 Å². The Bertz CT molecular complexity index is 984. The van der Waals surface area contributed by atoms with Gasteiger partial charge in [-0.15, -0.1) is 24.0 Å². The molecule has 0 spiro atoms. The molecule has 2 aromatic carbocycles. The molecule has 0 radical (unpaired) electrons. The number of aliphatic imine (C=N–C) groups is 1. The van der Waals surface area contributed by atoms with E-state index in [4.69, 9.17) is 0 Å². The van der Waals surface area contributed by atoms with Crippen molar-refractivity contribution >= 4 is 35.8 Å². The lowest BCUT2D eigenvalue weighted by molar-refractivity contribution is 0.0827. The second-order valence-electron chi connectivity index (χ2n) is 7.04. The summed E-state index contributed by atoms with van der Waals surface area (Å²) in [7, 11) is 3.50. The Morgan fingerprint density at radius 2 is 1.84 bits per heavy atom. The molecule has 2 N–H and O–H groups in total. The summed E-state index contributed by atoms with van der Waals surface area (Å²) in [5.41, 5.74) is 3.95. The van der Waals surface area contributed by atoms with Gasteiger partial charge in [-0.25, -0.2) is 9.98 Å². The highest BCUT2D eigenvalue weighted by Gasteiger charge is 2.08. The molecule has 0 bridgehead atoms. The average Bonchev–Trinajstić information content (AvgIpc) is 3.30. The Morgan fingerprint density at radius 3 is 2.48 bits per heavy atom. The summed E-state index contributed by atoms with van der Waals surface area (Å²) in [6.07, 6.45) is 5.50. The molecule has 0 atom stereocenters. The third-order valence-corrected chi connectivity index (χ3v) is 4.59. The van der Waals surface area contributed by atoms with Crippen molar-refractivity contribution in [1.29, 1.82) is 0 Å². The van der Waals surface area contributed by atoms with Crippen molar-refractivity contribution in [1.82, 2.24) is 25.1 Å². The van der Waals surface area contributed by atoms with Gasteiger partial charge in [0, 0.05) is 45.1 Å². The fourth-order valence-electron chi connectivity index (χ4n) is 3.02. The van der Waals surface area contributed by atoms with Gasteiger partial charge in [0.1, 0.15) is 0 Å². The molecule has 3 rings (SSSR count). The first-order valence-corrected chi connectivity index (χ1v) is 9.97. The van der Waals surface area contributed by atoms with Crippen molar-refractivity contribution in [3.8, 4) is 5.69 Å². The number of benzene rings is 2. The number of carbonyl (C=O) groups excluding carboxylic acids is 1. The molecule has 0 fully saturated rings. The highest BCUT2D eigenvalue weighted by molar-refractivity contribution is 14.0. The maximum atomic E-state index is 12.0. The van der Waals surface area contributed by atoms with Crippen LogP contribution in [0, 0.1) is 0 Å². The van der Waals surface area contributed by atoms with E-state index < -0.39 is 0 Å². The fourth-order valence-corrected chi connectivity index (χ4v) is 3.02. The predicted molar refractivity (Wildman–Crippen MR) is 135 cm³/mol. The van der Waals surface area contributed by atoms with Gasteiger partial charge in [-0.1, -0.05) is 30.3 Å². The molecule has 0 saturated heterocycles. The molecular weight excluding hydrogens is 503 g/mol. The van der Waals surface area contributed by atoms with Crippen LogP contribution in [0.4, 0.5) is 0 Å². The van der Waals surface area contributed by atoms with Gasteiger partial charge < -0.3 is 20.1 Å². The molecule has 1 heterocycles. The summed E-state index contributed by atoms with van der Waals surface area (Å²) in [5, 5.41) is 6.68. The largest absolute Gasteiger partial charge is 0.357 e. The van der Waals surface area contributed by atoms with Gasteiger partial charge in [0.05, 0.1) is 18.6 Å². The number of halogens is 1. The van der Waals surface area contributed by atoms with Crippen LogP contribution >= 0.6 is 24.0 Å². The first-order valence-electron chi connectivity index (χ1n) is 9.97. The van der Waals surface area contributed by atoms with E-state index in [1.54, 1.807) is 31.5 Å². The number of amides is 1. The van der Waals surface area contributed by atoms with Crippen LogP contribution in [-0.2, 0) is 13.1 Å². The molecule has 0 saturated carbocycles. The van der Waals surface area contributed by atoms with Crippen LogP contribution in [0.2, 0.25) is 0 Å². The monoisotopic (exact) mass is 532 g/mol. The summed E-state index contributed by atoms with van der Waals surface area (Å²) in [6.45, 7) is 3.97. The number of carbonyl (C=O) groups is 1. The molecular formula is C23H29IN6O. The molecule has 0 aliphatic rings. The van der Waals surface area contributed by atoms with E-state index in [9.17, 15) is 4.79 Å². The Labute approximate surface area is 200 Å². The average molecular weight is 532 g/mol. The Balaban J connectivity index is 0.00000341. The topological polar surface area (TPSA) is 74.6 Å². The van der Waals surface area contributed by atoms with Crippen LogP contribution in [0.1, 0.15) is 28.4 Å². The van der Waals surface area contributed by atoms with Crippen molar-refractivity contribution < 1.29 is 4.79 Å². The molecule has 7 nitrogen and oxygen atoms in total. The first kappa shape index (κ1) is 24.4. The molecule has 0 aliphatic heterocycles. The van der Waals surface area contributed by atoms with E-state index in [0.717, 1.165) is 29.3 Å². The third kappa shape index (κ3) is 6.81. The minimum Gasteiger partial charge on any atom is -0.357 e. The fraction of sp³-hybridized carbons (Fsp3) is 0.261. The SMILES string of the molecule is CCNC(=NCc1ccc(C(=O)N(C)C)cc1)NCc1ccccc1-n1ccnc1.I. The van der Waals surface area contributed by atoms with Gasteiger partial charge in [0.15, 0.2) is 5.96 Å². The molecule has 3 aromatic rings. The summed E-state index contributed by atoms with van der Waals surface area (Å²) >= 11 is 0. The second-order valence-corrected chi connectivity index (χ2v) is 7.04. The molecule has 1 amide bonds. The Morgan fingerprint density at radius 1 is 1.10 bits per heavy atom. The van der Waals surface area contributed by atoms with Gasteiger partial charge in [0.25, 0.3) is 5.91 Å². The number of hydrogen-bond donors (Lipinski definition) is 2. The van der Waals surface area contributed by atoms with Crippen molar-refractivity contribution in [2.24, 2.45) is 4.99 Å². The highest BCUT2D eigenvalue weighted by atomic mass is 127. The summed E-state index contributed by atoms with van der Waals surface area (Å²) in [6, 6.07) is 15.8.